The van der Waals surface area contributed by atoms with Gasteiger partial charge in [0.2, 0.25) is 10.0 Å². The summed E-state index contributed by atoms with van der Waals surface area (Å²) in [6.07, 6.45) is 0.703. The molecule has 0 saturated carbocycles. The van der Waals surface area contributed by atoms with Crippen molar-refractivity contribution in [3.63, 3.8) is 0 Å². The molecule has 1 amide bonds. The van der Waals surface area contributed by atoms with Gasteiger partial charge in [0, 0.05) is 23.5 Å². The number of carbonyl (C=O) groups excluding carboxylic acids is 1. The third-order valence-electron chi connectivity index (χ3n) is 5.90. The number of carbonyl (C=O) groups is 1. The number of anilines is 3. The van der Waals surface area contributed by atoms with E-state index in [1.165, 1.54) is 4.31 Å². The minimum atomic E-state index is -3.40. The number of benzene rings is 3. The smallest absolute Gasteiger partial charge is 0.258 e. The van der Waals surface area contributed by atoms with Crippen LogP contribution in [0.15, 0.2) is 78.9 Å². The summed E-state index contributed by atoms with van der Waals surface area (Å²) in [6, 6.07) is 24.6. The quantitative estimate of drug-likeness (QED) is 0.290. The summed E-state index contributed by atoms with van der Waals surface area (Å²) in [6.45, 7) is 2.78. The van der Waals surface area contributed by atoms with E-state index in [-0.39, 0.29) is 11.7 Å². The Morgan fingerprint density at radius 1 is 0.943 bits per heavy atom. The average Bonchev–Trinajstić information content (AvgIpc) is 3.21. The number of hydrogen-bond donors (Lipinski definition) is 3. The molecule has 0 spiro atoms. The summed E-state index contributed by atoms with van der Waals surface area (Å²) in [5.74, 6) is -0.135. The highest BCUT2D eigenvalue weighted by Crippen LogP contribution is 2.37. The van der Waals surface area contributed by atoms with Gasteiger partial charge in [-0.1, -0.05) is 48.5 Å². The summed E-state index contributed by atoms with van der Waals surface area (Å²) in [4.78, 5) is 13.0. The van der Waals surface area contributed by atoms with E-state index < -0.39 is 10.0 Å². The van der Waals surface area contributed by atoms with E-state index in [4.69, 9.17) is 0 Å². The molecule has 0 atom stereocenters. The summed E-state index contributed by atoms with van der Waals surface area (Å²) in [5, 5.41) is 9.42. The fraction of sp³-hybridized carbons (Fsp3) is 0.222. The minimum absolute atomic E-state index is 0.0331. The molecular formula is C27H30N4O3S. The largest absolute Gasteiger partial charge is 0.354 e. The zero-order chi connectivity index (χ0) is 24.8. The van der Waals surface area contributed by atoms with Gasteiger partial charge in [0.1, 0.15) is 0 Å². The second-order valence-electron chi connectivity index (χ2n) is 8.22. The summed E-state index contributed by atoms with van der Waals surface area (Å²) in [7, 11) is -1.56. The standard InChI is InChI=1S/C27H30N4O3S/c1-3-35(33,34)31(19-9-18-28-2)22-16-14-21(15-17-22)29-26(20-10-5-4-6-11-20)25-23-12-7-8-13-24(23)30-27(25)32/h4-8,10-17,28-29H,3,9,18-19H2,1-2H3,(H,30,32). The van der Waals surface area contributed by atoms with Gasteiger partial charge in [0.05, 0.1) is 22.7 Å². The Morgan fingerprint density at radius 2 is 1.63 bits per heavy atom. The number of rotatable bonds is 10. The predicted molar refractivity (Wildman–Crippen MR) is 144 cm³/mol. The summed E-state index contributed by atoms with van der Waals surface area (Å²) in [5.41, 5.74) is 5.12. The number of nitrogens with one attached hydrogen (secondary N) is 3. The van der Waals surface area contributed by atoms with Crippen LogP contribution in [0, 0.1) is 0 Å². The molecule has 35 heavy (non-hydrogen) atoms. The lowest BCUT2D eigenvalue weighted by molar-refractivity contribution is -0.110. The van der Waals surface area contributed by atoms with E-state index in [0.29, 0.717) is 29.9 Å². The number of para-hydroxylation sites is 1. The zero-order valence-electron chi connectivity index (χ0n) is 19.9. The fourth-order valence-corrected chi connectivity index (χ4v) is 5.25. The molecule has 1 heterocycles. The van der Waals surface area contributed by atoms with E-state index in [1.807, 2.05) is 73.8 Å². The first-order valence-electron chi connectivity index (χ1n) is 11.7. The molecule has 8 heteroatoms. The molecule has 0 aromatic heterocycles. The Morgan fingerprint density at radius 3 is 2.31 bits per heavy atom. The minimum Gasteiger partial charge on any atom is -0.354 e. The van der Waals surface area contributed by atoms with Crippen LogP contribution < -0.4 is 20.3 Å². The van der Waals surface area contributed by atoms with Crippen molar-refractivity contribution >= 4 is 44.3 Å². The third-order valence-corrected chi connectivity index (χ3v) is 7.69. The number of fused-ring (bicyclic) bond motifs is 1. The first-order valence-corrected chi connectivity index (χ1v) is 13.3. The summed E-state index contributed by atoms with van der Waals surface area (Å²) >= 11 is 0. The van der Waals surface area contributed by atoms with Crippen LogP contribution in [0.4, 0.5) is 17.1 Å². The number of amides is 1. The average molecular weight is 491 g/mol. The van der Waals surface area contributed by atoms with Crippen molar-refractivity contribution in [1.82, 2.24) is 5.32 Å². The normalized spacial score (nSPS) is 14.3. The van der Waals surface area contributed by atoms with Crippen molar-refractivity contribution in [1.29, 1.82) is 0 Å². The molecule has 0 aliphatic carbocycles. The first-order chi connectivity index (χ1) is 16.9. The van der Waals surface area contributed by atoms with Gasteiger partial charge in [-0.3, -0.25) is 9.10 Å². The molecule has 4 rings (SSSR count). The zero-order valence-corrected chi connectivity index (χ0v) is 20.7. The summed E-state index contributed by atoms with van der Waals surface area (Å²) < 4.78 is 26.9. The molecule has 182 valence electrons. The fourth-order valence-electron chi connectivity index (χ4n) is 4.09. The number of nitrogens with zero attached hydrogens (tertiary/aromatic N) is 1. The maximum atomic E-state index is 13.0. The van der Waals surface area contributed by atoms with Gasteiger partial charge in [-0.25, -0.2) is 8.42 Å². The molecule has 7 nitrogen and oxygen atoms in total. The van der Waals surface area contributed by atoms with Crippen molar-refractivity contribution < 1.29 is 13.2 Å². The maximum absolute atomic E-state index is 13.0. The van der Waals surface area contributed by atoms with E-state index in [9.17, 15) is 13.2 Å². The third kappa shape index (κ3) is 5.39. The van der Waals surface area contributed by atoms with Gasteiger partial charge in [-0.05, 0) is 62.8 Å². The van der Waals surface area contributed by atoms with Crippen LogP contribution in [0.25, 0.3) is 11.3 Å². The second kappa shape index (κ2) is 10.8. The Hall–Kier alpha value is -3.62. The Labute approximate surface area is 206 Å². The molecule has 0 saturated heterocycles. The molecule has 3 aromatic rings. The Balaban J connectivity index is 1.70. The van der Waals surface area contributed by atoms with Crippen molar-refractivity contribution in [3.8, 4) is 0 Å². The number of sulfonamides is 1. The molecule has 3 N–H and O–H groups in total. The highest BCUT2D eigenvalue weighted by molar-refractivity contribution is 7.92. The Kier molecular flexibility index (Phi) is 7.53. The van der Waals surface area contributed by atoms with Crippen molar-refractivity contribution in [2.75, 3.05) is 40.8 Å². The molecule has 1 aliphatic heterocycles. The molecule has 0 fully saturated rings. The molecule has 3 aromatic carbocycles. The monoisotopic (exact) mass is 490 g/mol. The molecule has 0 bridgehead atoms. The van der Waals surface area contributed by atoms with Crippen LogP contribution in [0.1, 0.15) is 24.5 Å². The Bertz CT molecular complexity index is 1320. The van der Waals surface area contributed by atoms with Crippen LogP contribution in [0.2, 0.25) is 0 Å². The SMILES string of the molecule is CCS(=O)(=O)N(CCCNC)c1ccc(NC(=C2C(=O)Nc3ccccc32)c2ccccc2)cc1. The highest BCUT2D eigenvalue weighted by Gasteiger charge is 2.28. The van der Waals surface area contributed by atoms with Crippen LogP contribution in [0.3, 0.4) is 0 Å². The van der Waals surface area contributed by atoms with Crippen LogP contribution in [-0.2, 0) is 14.8 Å². The lowest BCUT2D eigenvalue weighted by atomic mass is 10.00. The first kappa shape index (κ1) is 24.5. The van der Waals surface area contributed by atoms with E-state index in [1.54, 1.807) is 19.1 Å². The van der Waals surface area contributed by atoms with Gasteiger partial charge in [0.15, 0.2) is 0 Å². The highest BCUT2D eigenvalue weighted by atomic mass is 32.2. The maximum Gasteiger partial charge on any atom is 0.258 e. The van der Waals surface area contributed by atoms with Crippen molar-refractivity contribution in [3.05, 3.63) is 90.0 Å². The van der Waals surface area contributed by atoms with Gasteiger partial charge in [-0.15, -0.1) is 0 Å². The van der Waals surface area contributed by atoms with Crippen LogP contribution >= 0.6 is 0 Å². The van der Waals surface area contributed by atoms with E-state index in [0.717, 1.165) is 29.0 Å². The van der Waals surface area contributed by atoms with E-state index in [2.05, 4.69) is 16.0 Å². The lowest BCUT2D eigenvalue weighted by Gasteiger charge is -2.24. The van der Waals surface area contributed by atoms with Crippen molar-refractivity contribution in [2.24, 2.45) is 0 Å². The van der Waals surface area contributed by atoms with Crippen molar-refractivity contribution in [2.45, 2.75) is 13.3 Å². The lowest BCUT2D eigenvalue weighted by Crippen LogP contribution is -2.34. The van der Waals surface area contributed by atoms with E-state index >= 15 is 0 Å². The predicted octanol–water partition coefficient (Wildman–Crippen LogP) is 4.38. The van der Waals surface area contributed by atoms with Gasteiger partial charge in [0.25, 0.3) is 5.91 Å². The topological polar surface area (TPSA) is 90.5 Å². The van der Waals surface area contributed by atoms with Gasteiger partial charge < -0.3 is 16.0 Å². The van der Waals surface area contributed by atoms with Gasteiger partial charge >= 0.3 is 0 Å². The second-order valence-corrected chi connectivity index (χ2v) is 10.4. The molecular weight excluding hydrogens is 460 g/mol. The molecule has 1 aliphatic rings. The van der Waals surface area contributed by atoms with Crippen LogP contribution in [0.5, 0.6) is 0 Å². The molecule has 0 radical (unpaired) electrons. The van der Waals surface area contributed by atoms with Crippen LogP contribution in [-0.4, -0.2) is 40.2 Å². The number of hydrogen-bond acceptors (Lipinski definition) is 5. The molecule has 0 unspecified atom stereocenters. The van der Waals surface area contributed by atoms with Gasteiger partial charge in [-0.2, -0.15) is 0 Å².